The molecule has 12 nitrogen and oxygen atoms in total. The molecule has 0 atom stereocenters. The van der Waals surface area contributed by atoms with Crippen LogP contribution in [0.2, 0.25) is 0 Å². The molecule has 0 aromatic rings. The van der Waals surface area contributed by atoms with Gasteiger partial charge in [0.25, 0.3) is 0 Å². The van der Waals surface area contributed by atoms with Crippen LogP contribution in [0.3, 0.4) is 0 Å². The fraction of sp³-hybridized carbons (Fsp3) is 0.889. The van der Waals surface area contributed by atoms with Crippen LogP contribution < -0.4 is 0 Å². The summed E-state index contributed by atoms with van der Waals surface area (Å²) in [5.41, 5.74) is 0. The van der Waals surface area contributed by atoms with Crippen molar-refractivity contribution in [3.63, 3.8) is 0 Å². The summed E-state index contributed by atoms with van der Waals surface area (Å²) in [6.45, 7) is 9.02. The molecule has 0 aliphatic carbocycles. The first-order chi connectivity index (χ1) is 19.1. The molecule has 0 saturated carbocycles. The van der Waals surface area contributed by atoms with Gasteiger partial charge < -0.3 is 43.0 Å². The lowest BCUT2D eigenvalue weighted by Crippen LogP contribution is -2.17. The molecule has 0 aromatic heterocycles. The van der Waals surface area contributed by atoms with Gasteiger partial charge in [-0.1, -0.05) is 39.0 Å². The normalized spacial score (nSPS) is 11.1. The molecule has 230 valence electrons. The summed E-state index contributed by atoms with van der Waals surface area (Å²) >= 11 is 0. The first-order valence-corrected chi connectivity index (χ1v) is 14.0. The zero-order valence-corrected chi connectivity index (χ0v) is 23.7. The van der Waals surface area contributed by atoms with E-state index in [9.17, 15) is 14.4 Å². The number of esters is 1. The maximum atomic E-state index is 11.3. The number of rotatable bonds is 32. The highest BCUT2D eigenvalue weighted by Crippen LogP contribution is 2.04. The first kappa shape index (κ1) is 37.3. The number of carbonyl (C=O) groups excluding carboxylic acids is 2. The molecule has 1 N–H and O–H groups in total. The Morgan fingerprint density at radius 1 is 0.462 bits per heavy atom. The maximum absolute atomic E-state index is 11.3. The van der Waals surface area contributed by atoms with E-state index in [-0.39, 0.29) is 26.1 Å². The molecule has 12 heteroatoms. The van der Waals surface area contributed by atoms with Gasteiger partial charge >= 0.3 is 11.9 Å². The molecule has 0 rings (SSSR count). The second-order valence-electron chi connectivity index (χ2n) is 8.50. The van der Waals surface area contributed by atoms with Crippen LogP contribution >= 0.6 is 0 Å². The van der Waals surface area contributed by atoms with Gasteiger partial charge in [-0.25, -0.2) is 4.79 Å². The quantitative estimate of drug-likeness (QED) is 0.0725. The number of hydrogen-bond donors (Lipinski definition) is 1. The fourth-order valence-corrected chi connectivity index (χ4v) is 3.02. The monoisotopic (exact) mass is 566 g/mol. The lowest BCUT2D eigenvalue weighted by atomic mass is 10.1. The van der Waals surface area contributed by atoms with Crippen LogP contribution in [0, 0.1) is 0 Å². The lowest BCUT2D eigenvalue weighted by Gasteiger charge is -2.08. The van der Waals surface area contributed by atoms with E-state index in [0.29, 0.717) is 79.3 Å². The first-order valence-electron chi connectivity index (χ1n) is 14.0. The van der Waals surface area contributed by atoms with E-state index in [0.717, 1.165) is 13.0 Å². The summed E-state index contributed by atoms with van der Waals surface area (Å²) in [6.07, 6.45) is 6.96. The summed E-state index contributed by atoms with van der Waals surface area (Å²) < 4.78 is 42.8. The van der Waals surface area contributed by atoms with Gasteiger partial charge in [-0.3, -0.25) is 9.59 Å². The molecular formula is C27H50O12. The minimum absolute atomic E-state index is 0.0247. The van der Waals surface area contributed by atoms with Crippen molar-refractivity contribution in [1.82, 2.24) is 0 Å². The molecule has 0 radical (unpaired) electrons. The zero-order valence-electron chi connectivity index (χ0n) is 23.7. The van der Waals surface area contributed by atoms with Crippen LogP contribution in [0.5, 0.6) is 0 Å². The summed E-state index contributed by atoms with van der Waals surface area (Å²) in [5.74, 6) is -3.22. The smallest absolute Gasteiger partial charge is 0.372 e. The highest BCUT2D eigenvalue weighted by atomic mass is 16.6. The molecule has 0 aliphatic rings. The van der Waals surface area contributed by atoms with Crippen molar-refractivity contribution in [3.05, 3.63) is 0 Å². The number of aliphatic carboxylic acids is 1. The topological polar surface area (TPSA) is 145 Å². The molecule has 0 spiro atoms. The summed E-state index contributed by atoms with van der Waals surface area (Å²) in [6, 6.07) is 0. The largest absolute Gasteiger partial charge is 0.476 e. The Morgan fingerprint density at radius 2 is 0.821 bits per heavy atom. The highest BCUT2D eigenvalue weighted by Gasteiger charge is 2.14. The number of hydrogen-bond acceptors (Lipinski definition) is 11. The third-order valence-electron chi connectivity index (χ3n) is 5.16. The molecule has 0 unspecified atom stereocenters. The van der Waals surface area contributed by atoms with Crippen molar-refractivity contribution in [3.8, 4) is 0 Å². The highest BCUT2D eigenvalue weighted by molar-refractivity contribution is 6.32. The molecule has 0 saturated heterocycles. The number of carbonyl (C=O) groups is 3. The van der Waals surface area contributed by atoms with Crippen LogP contribution in [-0.2, 0) is 52.3 Å². The number of Topliss-reactive ketones (excluding diaryl/α,β-unsaturated/α-hetero) is 1. The predicted molar refractivity (Wildman–Crippen MR) is 142 cm³/mol. The molecule has 0 aliphatic heterocycles. The fourth-order valence-electron chi connectivity index (χ4n) is 3.02. The Bertz CT molecular complexity index is 573. The van der Waals surface area contributed by atoms with E-state index in [1.54, 1.807) is 0 Å². The third kappa shape index (κ3) is 30.7. The lowest BCUT2D eigenvalue weighted by molar-refractivity contribution is -0.151. The van der Waals surface area contributed by atoms with Crippen LogP contribution in [0.4, 0.5) is 0 Å². The van der Waals surface area contributed by atoms with Gasteiger partial charge in [0.15, 0.2) is 0 Å². The van der Waals surface area contributed by atoms with E-state index >= 15 is 0 Å². The Morgan fingerprint density at radius 3 is 1.23 bits per heavy atom. The van der Waals surface area contributed by atoms with E-state index in [4.69, 9.17) is 43.0 Å². The van der Waals surface area contributed by atoms with E-state index in [1.807, 2.05) is 0 Å². The van der Waals surface area contributed by atoms with Crippen LogP contribution in [0.25, 0.3) is 0 Å². The van der Waals surface area contributed by atoms with Crippen molar-refractivity contribution in [1.29, 1.82) is 0 Å². The van der Waals surface area contributed by atoms with Crippen molar-refractivity contribution in [2.75, 3.05) is 99.1 Å². The second kappa shape index (κ2) is 30.9. The summed E-state index contributed by atoms with van der Waals surface area (Å²) in [5, 5.41) is 8.42. The van der Waals surface area contributed by atoms with Crippen molar-refractivity contribution < 1.29 is 57.4 Å². The van der Waals surface area contributed by atoms with E-state index in [1.165, 1.54) is 32.1 Å². The van der Waals surface area contributed by atoms with Crippen LogP contribution in [0.1, 0.15) is 58.3 Å². The number of carboxylic acids is 1. The minimum Gasteiger partial charge on any atom is -0.476 e. The van der Waals surface area contributed by atoms with Gasteiger partial charge in [-0.05, 0) is 6.42 Å². The summed E-state index contributed by atoms with van der Waals surface area (Å²) in [7, 11) is 0. The molecule has 0 fully saturated rings. The Balaban J connectivity index is 3.13. The molecule has 0 heterocycles. The predicted octanol–water partition coefficient (Wildman–Crippen LogP) is 2.44. The summed E-state index contributed by atoms with van der Waals surface area (Å²) in [4.78, 5) is 32.6. The standard InChI is InChI=1S/C27H50O12/c1-2-3-4-5-6-7-10-32-11-12-33-13-14-34-15-16-35-17-18-36-19-20-37-21-22-38-23-24-39-26(29)9-8-25(28)27(30)31/h2-24H2,1H3,(H,30,31). The van der Waals surface area contributed by atoms with Gasteiger partial charge in [0.2, 0.25) is 5.78 Å². The maximum Gasteiger partial charge on any atom is 0.372 e. The van der Waals surface area contributed by atoms with Gasteiger partial charge in [0, 0.05) is 13.0 Å². The van der Waals surface area contributed by atoms with E-state index in [2.05, 4.69) is 6.92 Å². The van der Waals surface area contributed by atoms with E-state index < -0.39 is 17.7 Å². The van der Waals surface area contributed by atoms with Crippen LogP contribution in [0.15, 0.2) is 0 Å². The number of ketones is 1. The molecule has 0 aromatic carbocycles. The Kier molecular flexibility index (Phi) is 29.5. The van der Waals surface area contributed by atoms with Gasteiger partial charge in [0.05, 0.1) is 92.3 Å². The van der Waals surface area contributed by atoms with Gasteiger partial charge in [0.1, 0.15) is 6.61 Å². The average Bonchev–Trinajstić information content (AvgIpc) is 2.93. The van der Waals surface area contributed by atoms with Gasteiger partial charge in [-0.2, -0.15) is 0 Å². The number of carboxylic acid groups (broad SMARTS) is 1. The minimum atomic E-state index is -1.56. The third-order valence-corrected chi connectivity index (χ3v) is 5.16. The van der Waals surface area contributed by atoms with Gasteiger partial charge in [-0.15, -0.1) is 0 Å². The van der Waals surface area contributed by atoms with Crippen molar-refractivity contribution in [2.24, 2.45) is 0 Å². The Labute approximate surface area is 232 Å². The van der Waals surface area contributed by atoms with Crippen LogP contribution in [-0.4, -0.2) is 122 Å². The Hall–Kier alpha value is -1.67. The van der Waals surface area contributed by atoms with Crippen molar-refractivity contribution in [2.45, 2.75) is 58.3 Å². The number of unbranched alkanes of at least 4 members (excludes halogenated alkanes) is 5. The molecule has 0 amide bonds. The second-order valence-corrected chi connectivity index (χ2v) is 8.50. The van der Waals surface area contributed by atoms with Crippen molar-refractivity contribution >= 4 is 17.7 Å². The number of ether oxygens (including phenoxy) is 8. The molecule has 0 bridgehead atoms. The molecule has 39 heavy (non-hydrogen) atoms. The average molecular weight is 567 g/mol. The zero-order chi connectivity index (χ0) is 28.7. The molecular weight excluding hydrogens is 516 g/mol. The SMILES string of the molecule is CCCCCCCCOCCOCCOCCOCCOCCOCCOCCOC(=O)CCC(=O)C(=O)O.